The highest BCUT2D eigenvalue weighted by Gasteiger charge is 2.13. The predicted octanol–water partition coefficient (Wildman–Crippen LogP) is 5.36. The van der Waals surface area contributed by atoms with Gasteiger partial charge in [0.1, 0.15) is 0 Å². The maximum absolute atomic E-state index is 6.23. The van der Waals surface area contributed by atoms with Crippen LogP contribution in [0.3, 0.4) is 0 Å². The van der Waals surface area contributed by atoms with E-state index in [1.165, 1.54) is 38.5 Å². The zero-order valence-electron chi connectivity index (χ0n) is 11.6. The van der Waals surface area contributed by atoms with Crippen LogP contribution in [0.4, 0.5) is 0 Å². The summed E-state index contributed by atoms with van der Waals surface area (Å²) in [5.74, 6) is 5.66. The van der Waals surface area contributed by atoms with Crippen LogP contribution in [0.25, 0.3) is 0 Å². The van der Waals surface area contributed by atoms with E-state index >= 15 is 0 Å². The number of hydrazine groups is 1. The van der Waals surface area contributed by atoms with Gasteiger partial charge in [0.2, 0.25) is 0 Å². The Labute approximate surface area is 130 Å². The van der Waals surface area contributed by atoms with Crippen LogP contribution in [0.2, 0.25) is 5.02 Å². The highest BCUT2D eigenvalue weighted by Crippen LogP contribution is 2.29. The molecule has 1 aromatic rings. The standard InChI is InChI=1S/C15H24BrClN2/c1-2-3-4-5-6-7-8-15(19-18)13-11-12(16)9-10-14(13)17/h9-11,15,19H,2-8,18H2,1H3. The van der Waals surface area contributed by atoms with Crippen molar-refractivity contribution in [2.75, 3.05) is 0 Å². The van der Waals surface area contributed by atoms with Gasteiger partial charge in [-0.25, -0.2) is 0 Å². The predicted molar refractivity (Wildman–Crippen MR) is 87.2 cm³/mol. The van der Waals surface area contributed by atoms with Crippen molar-refractivity contribution in [1.82, 2.24) is 5.43 Å². The SMILES string of the molecule is CCCCCCCCC(NN)c1cc(Br)ccc1Cl. The van der Waals surface area contributed by atoms with Crippen molar-refractivity contribution in [2.45, 2.75) is 57.9 Å². The molecule has 19 heavy (non-hydrogen) atoms. The molecule has 0 bridgehead atoms. The molecule has 0 aliphatic rings. The summed E-state index contributed by atoms with van der Waals surface area (Å²) in [5, 5.41) is 0.775. The third kappa shape index (κ3) is 6.26. The summed E-state index contributed by atoms with van der Waals surface area (Å²) in [6.45, 7) is 2.24. The van der Waals surface area contributed by atoms with Crippen LogP contribution in [0.15, 0.2) is 22.7 Å². The van der Waals surface area contributed by atoms with Crippen molar-refractivity contribution < 1.29 is 0 Å². The molecule has 0 aliphatic heterocycles. The minimum absolute atomic E-state index is 0.135. The second kappa shape index (κ2) is 9.76. The lowest BCUT2D eigenvalue weighted by Crippen LogP contribution is -2.28. The van der Waals surface area contributed by atoms with Crippen LogP contribution in [-0.4, -0.2) is 0 Å². The van der Waals surface area contributed by atoms with Crippen molar-refractivity contribution >= 4 is 27.5 Å². The topological polar surface area (TPSA) is 38.0 Å². The molecule has 0 amide bonds. The van der Waals surface area contributed by atoms with E-state index in [2.05, 4.69) is 28.3 Å². The van der Waals surface area contributed by atoms with E-state index < -0.39 is 0 Å². The van der Waals surface area contributed by atoms with Gasteiger partial charge in [-0.2, -0.15) is 0 Å². The van der Waals surface area contributed by atoms with Gasteiger partial charge in [0.05, 0.1) is 0 Å². The van der Waals surface area contributed by atoms with Crippen LogP contribution < -0.4 is 11.3 Å². The molecule has 1 unspecified atom stereocenters. The van der Waals surface area contributed by atoms with Crippen LogP contribution in [0, 0.1) is 0 Å². The molecule has 0 radical (unpaired) electrons. The van der Waals surface area contributed by atoms with E-state index in [0.717, 1.165) is 21.5 Å². The molecule has 0 fully saturated rings. The number of nitrogens with one attached hydrogen (secondary N) is 1. The first kappa shape index (κ1) is 17.0. The molecule has 0 saturated heterocycles. The number of halogens is 2. The van der Waals surface area contributed by atoms with E-state index in [-0.39, 0.29) is 6.04 Å². The quantitative estimate of drug-likeness (QED) is 0.358. The molecule has 0 aromatic heterocycles. The molecular formula is C15H24BrClN2. The fraction of sp³-hybridized carbons (Fsp3) is 0.600. The third-order valence-electron chi connectivity index (χ3n) is 3.38. The number of unbranched alkanes of at least 4 members (excludes halogenated alkanes) is 5. The summed E-state index contributed by atoms with van der Waals surface area (Å²) in [5.41, 5.74) is 3.96. The van der Waals surface area contributed by atoms with Crippen molar-refractivity contribution in [2.24, 2.45) is 5.84 Å². The van der Waals surface area contributed by atoms with Gasteiger partial charge in [0.25, 0.3) is 0 Å². The Morgan fingerprint density at radius 1 is 1.21 bits per heavy atom. The summed E-state index contributed by atoms with van der Waals surface area (Å²) in [6, 6.07) is 6.04. The Kier molecular flexibility index (Phi) is 8.71. The van der Waals surface area contributed by atoms with Crippen molar-refractivity contribution in [3.05, 3.63) is 33.3 Å². The Morgan fingerprint density at radius 3 is 2.58 bits per heavy atom. The Morgan fingerprint density at radius 2 is 1.89 bits per heavy atom. The first-order valence-electron chi connectivity index (χ1n) is 7.10. The number of benzene rings is 1. The molecular weight excluding hydrogens is 324 g/mol. The Hall–Kier alpha value is -0.0900. The first-order chi connectivity index (χ1) is 9.19. The lowest BCUT2D eigenvalue weighted by atomic mass is 10.00. The summed E-state index contributed by atoms with van der Waals surface area (Å²) >= 11 is 9.71. The average Bonchev–Trinajstić information content (AvgIpc) is 2.41. The fourth-order valence-corrected chi connectivity index (χ4v) is 2.87. The van der Waals surface area contributed by atoms with Crippen LogP contribution in [0.5, 0.6) is 0 Å². The molecule has 1 atom stereocenters. The molecule has 0 saturated carbocycles. The molecule has 3 N–H and O–H groups in total. The number of hydrogen-bond acceptors (Lipinski definition) is 2. The van der Waals surface area contributed by atoms with Crippen molar-refractivity contribution in [3.63, 3.8) is 0 Å². The summed E-state index contributed by atoms with van der Waals surface area (Å²) in [4.78, 5) is 0. The third-order valence-corrected chi connectivity index (χ3v) is 4.22. The Balaban J connectivity index is 2.42. The summed E-state index contributed by atoms with van der Waals surface area (Å²) in [7, 11) is 0. The molecule has 1 rings (SSSR count). The van der Waals surface area contributed by atoms with E-state index in [1.54, 1.807) is 0 Å². The van der Waals surface area contributed by atoms with Crippen LogP contribution >= 0.6 is 27.5 Å². The highest BCUT2D eigenvalue weighted by molar-refractivity contribution is 9.10. The largest absolute Gasteiger partial charge is 0.271 e. The van der Waals surface area contributed by atoms with Crippen molar-refractivity contribution in [3.8, 4) is 0 Å². The molecule has 108 valence electrons. The van der Waals surface area contributed by atoms with Gasteiger partial charge >= 0.3 is 0 Å². The maximum atomic E-state index is 6.23. The van der Waals surface area contributed by atoms with Crippen LogP contribution in [0.1, 0.15) is 63.5 Å². The average molecular weight is 348 g/mol. The second-order valence-corrected chi connectivity index (χ2v) is 6.26. The first-order valence-corrected chi connectivity index (χ1v) is 8.27. The van der Waals surface area contributed by atoms with Gasteiger partial charge in [0.15, 0.2) is 0 Å². The molecule has 1 aromatic carbocycles. The summed E-state index contributed by atoms with van der Waals surface area (Å²) < 4.78 is 1.04. The zero-order valence-corrected chi connectivity index (χ0v) is 13.9. The van der Waals surface area contributed by atoms with Gasteiger partial charge in [-0.3, -0.25) is 11.3 Å². The van der Waals surface area contributed by atoms with E-state index in [4.69, 9.17) is 17.4 Å². The lowest BCUT2D eigenvalue weighted by Gasteiger charge is -2.18. The minimum Gasteiger partial charge on any atom is -0.271 e. The van der Waals surface area contributed by atoms with Gasteiger partial charge in [-0.05, 0) is 30.2 Å². The smallest absolute Gasteiger partial charge is 0.0475 e. The molecule has 0 heterocycles. The fourth-order valence-electron chi connectivity index (χ4n) is 2.24. The number of nitrogens with two attached hydrogens (primary N) is 1. The van der Waals surface area contributed by atoms with Gasteiger partial charge < -0.3 is 0 Å². The minimum atomic E-state index is 0.135. The monoisotopic (exact) mass is 346 g/mol. The second-order valence-electron chi connectivity index (χ2n) is 4.94. The van der Waals surface area contributed by atoms with Gasteiger partial charge in [-0.1, -0.05) is 73.0 Å². The number of hydrogen-bond donors (Lipinski definition) is 2. The zero-order chi connectivity index (χ0) is 14.1. The molecule has 0 aliphatic carbocycles. The highest BCUT2D eigenvalue weighted by atomic mass is 79.9. The molecule has 2 nitrogen and oxygen atoms in total. The Bertz CT molecular complexity index is 371. The number of rotatable bonds is 9. The molecule has 4 heteroatoms. The van der Waals surface area contributed by atoms with Crippen molar-refractivity contribution in [1.29, 1.82) is 0 Å². The van der Waals surface area contributed by atoms with Crippen LogP contribution in [-0.2, 0) is 0 Å². The maximum Gasteiger partial charge on any atom is 0.0475 e. The summed E-state index contributed by atoms with van der Waals surface area (Å²) in [6.07, 6.45) is 8.77. The lowest BCUT2D eigenvalue weighted by molar-refractivity contribution is 0.477. The normalized spacial score (nSPS) is 12.6. The van der Waals surface area contributed by atoms with E-state index in [1.807, 2.05) is 18.2 Å². The van der Waals surface area contributed by atoms with E-state index in [0.29, 0.717) is 0 Å². The van der Waals surface area contributed by atoms with Gasteiger partial charge in [-0.15, -0.1) is 0 Å². The van der Waals surface area contributed by atoms with E-state index in [9.17, 15) is 0 Å². The van der Waals surface area contributed by atoms with Gasteiger partial charge in [0, 0.05) is 15.5 Å². The molecule has 0 spiro atoms.